The molecule has 1 spiro atoms. The van der Waals surface area contributed by atoms with E-state index in [-0.39, 0.29) is 17.1 Å². The number of rotatable bonds is 1. The number of ketones is 1. The van der Waals surface area contributed by atoms with Gasteiger partial charge >= 0.3 is 6.03 Å². The predicted molar refractivity (Wildman–Crippen MR) is 123 cm³/mol. The first kappa shape index (κ1) is 18.7. The zero-order valence-electron chi connectivity index (χ0n) is 17.9. The Morgan fingerprint density at radius 3 is 2.79 bits per heavy atom. The number of likely N-dealkylation sites (tertiary alicyclic amines) is 1. The Balaban J connectivity index is 1.29. The smallest absolute Gasteiger partial charge is 0.319 e. The van der Waals surface area contributed by atoms with Crippen molar-refractivity contribution in [2.24, 2.45) is 11.7 Å². The quantitative estimate of drug-likeness (QED) is 0.608. The second-order valence-electron chi connectivity index (χ2n) is 9.50. The van der Waals surface area contributed by atoms with Crippen LogP contribution >= 0.6 is 0 Å². The Morgan fingerprint density at radius 1 is 1.09 bits per heavy atom. The lowest BCUT2D eigenvalue weighted by Crippen LogP contribution is -2.43. The second-order valence-corrected chi connectivity index (χ2v) is 9.50. The summed E-state index contributed by atoms with van der Waals surface area (Å²) in [6.45, 7) is 1.15. The fourth-order valence-electron chi connectivity index (χ4n) is 6.41. The number of H-pyrrole nitrogens is 1. The van der Waals surface area contributed by atoms with E-state index in [2.05, 4.69) is 4.98 Å². The average molecular weight is 438 g/mol. The van der Waals surface area contributed by atoms with E-state index in [1.54, 1.807) is 15.9 Å². The number of nitrogens with zero attached hydrogens (tertiary/aromatic N) is 2. The van der Waals surface area contributed by atoms with Crippen LogP contribution in [0.4, 0.5) is 10.5 Å². The van der Waals surface area contributed by atoms with Crippen LogP contribution in [-0.4, -0.2) is 40.7 Å². The molecule has 1 aromatic heterocycles. The minimum Gasteiger partial charge on any atom is -0.351 e. The monoisotopic (exact) mass is 438 g/mol. The molecule has 3 N–H and O–H groups in total. The molecule has 1 saturated heterocycles. The normalized spacial score (nSPS) is 24.7. The molecule has 3 aromatic rings. The molecular formula is C26H22N4O3. The van der Waals surface area contributed by atoms with Crippen molar-refractivity contribution < 1.29 is 14.4 Å². The van der Waals surface area contributed by atoms with Crippen LogP contribution < -0.4 is 10.6 Å². The van der Waals surface area contributed by atoms with Crippen LogP contribution in [0.3, 0.4) is 0 Å². The molecule has 0 unspecified atom stereocenters. The number of anilines is 1. The zero-order valence-corrected chi connectivity index (χ0v) is 17.9. The zero-order chi connectivity index (χ0) is 22.5. The number of benzene rings is 2. The van der Waals surface area contributed by atoms with Crippen LogP contribution in [-0.2, 0) is 11.8 Å². The third-order valence-electron chi connectivity index (χ3n) is 8.00. The maximum absolute atomic E-state index is 13.7. The fourth-order valence-corrected chi connectivity index (χ4v) is 6.41. The van der Waals surface area contributed by atoms with Gasteiger partial charge in [-0.15, -0.1) is 0 Å². The molecule has 0 radical (unpaired) electrons. The van der Waals surface area contributed by atoms with Gasteiger partial charge in [0.1, 0.15) is 5.69 Å². The number of carbonyl (C=O) groups is 3. The molecule has 2 aliphatic carbocycles. The number of urea groups is 1. The molecule has 1 saturated carbocycles. The van der Waals surface area contributed by atoms with Gasteiger partial charge in [0.2, 0.25) is 0 Å². The Hall–Kier alpha value is -3.87. The highest BCUT2D eigenvalue weighted by Gasteiger charge is 2.64. The summed E-state index contributed by atoms with van der Waals surface area (Å²) in [6.07, 6.45) is 4.29. The number of aromatic nitrogens is 1. The highest BCUT2D eigenvalue weighted by Crippen LogP contribution is 2.65. The van der Waals surface area contributed by atoms with Crippen molar-refractivity contribution in [3.8, 4) is 0 Å². The van der Waals surface area contributed by atoms with E-state index in [0.29, 0.717) is 31.1 Å². The summed E-state index contributed by atoms with van der Waals surface area (Å²) >= 11 is 0. The lowest BCUT2D eigenvalue weighted by Gasteiger charge is -2.38. The first-order chi connectivity index (χ1) is 16.0. The Labute approximate surface area is 189 Å². The summed E-state index contributed by atoms with van der Waals surface area (Å²) in [7, 11) is 0. The van der Waals surface area contributed by atoms with Gasteiger partial charge in [-0.1, -0.05) is 24.3 Å². The van der Waals surface area contributed by atoms with Crippen molar-refractivity contribution in [1.29, 1.82) is 0 Å². The summed E-state index contributed by atoms with van der Waals surface area (Å²) < 4.78 is 0. The topological polar surface area (TPSA) is 99.5 Å². The largest absolute Gasteiger partial charge is 0.351 e. The molecule has 3 heterocycles. The number of carbonyl (C=O) groups excluding carboxylic acids is 3. The van der Waals surface area contributed by atoms with Crippen LogP contribution in [0.25, 0.3) is 10.9 Å². The number of aromatic amines is 1. The number of nitrogens with two attached hydrogens (primary N) is 1. The predicted octanol–water partition coefficient (Wildman–Crippen LogP) is 3.49. The molecular weight excluding hydrogens is 416 g/mol. The van der Waals surface area contributed by atoms with Gasteiger partial charge in [0, 0.05) is 52.4 Å². The molecule has 33 heavy (non-hydrogen) atoms. The molecule has 7 nitrogen and oxygen atoms in total. The number of piperidine rings is 1. The lowest BCUT2D eigenvalue weighted by atomic mass is 9.77. The van der Waals surface area contributed by atoms with Gasteiger partial charge in [0.25, 0.3) is 5.91 Å². The minimum atomic E-state index is -0.466. The molecule has 7 heteroatoms. The van der Waals surface area contributed by atoms with Crippen molar-refractivity contribution in [2.45, 2.75) is 24.7 Å². The van der Waals surface area contributed by atoms with E-state index in [4.69, 9.17) is 5.73 Å². The third-order valence-corrected chi connectivity index (χ3v) is 8.00. The molecule has 3 amide bonds. The van der Waals surface area contributed by atoms with Gasteiger partial charge in [-0.3, -0.25) is 14.5 Å². The van der Waals surface area contributed by atoms with Crippen molar-refractivity contribution in [3.05, 3.63) is 76.6 Å². The van der Waals surface area contributed by atoms with Crippen LogP contribution in [0.1, 0.15) is 44.8 Å². The van der Waals surface area contributed by atoms with E-state index in [1.807, 2.05) is 42.5 Å². The van der Waals surface area contributed by atoms with E-state index in [1.165, 1.54) is 0 Å². The Kier molecular flexibility index (Phi) is 3.47. The average Bonchev–Trinajstić information content (AvgIpc) is 3.16. The number of hydrogen-bond acceptors (Lipinski definition) is 3. The van der Waals surface area contributed by atoms with Crippen molar-refractivity contribution in [1.82, 2.24) is 9.88 Å². The van der Waals surface area contributed by atoms with Gasteiger partial charge in [-0.2, -0.15) is 0 Å². The van der Waals surface area contributed by atoms with Gasteiger partial charge in [0.05, 0.1) is 0 Å². The van der Waals surface area contributed by atoms with Crippen LogP contribution in [0.2, 0.25) is 0 Å². The van der Waals surface area contributed by atoms with Gasteiger partial charge < -0.3 is 15.6 Å². The summed E-state index contributed by atoms with van der Waals surface area (Å²) in [5.74, 6) is 0.332. The van der Waals surface area contributed by atoms with E-state index in [9.17, 15) is 14.4 Å². The molecule has 2 fully saturated rings. The molecule has 2 aromatic carbocycles. The lowest BCUT2D eigenvalue weighted by molar-refractivity contribution is 0.0762. The fraction of sp³-hybridized carbons (Fsp3) is 0.269. The highest BCUT2D eigenvalue weighted by molar-refractivity contribution is 6.10. The molecule has 2 aliphatic heterocycles. The highest BCUT2D eigenvalue weighted by atomic mass is 16.2. The first-order valence-electron chi connectivity index (χ1n) is 11.4. The van der Waals surface area contributed by atoms with Gasteiger partial charge in [-0.25, -0.2) is 4.79 Å². The molecule has 7 rings (SSSR count). The maximum atomic E-state index is 13.7. The van der Waals surface area contributed by atoms with Crippen LogP contribution in [0.15, 0.2) is 54.2 Å². The van der Waals surface area contributed by atoms with Gasteiger partial charge in [-0.05, 0) is 54.5 Å². The summed E-state index contributed by atoms with van der Waals surface area (Å²) in [4.78, 5) is 45.0. The standard InChI is InChI=1S/C26H22N4O3/c27-25(33)29-10-8-15-17-11-20(28-19(17)5-6-21(15)29)24(32)30-9-7-14-13-26(14)18-4-2-1-3-16(18)22(31)12-23(26)30/h1-6,11-12,14,28H,7-10,13H2,(H2,27,33)/t14-,26+/m0/s1. The van der Waals surface area contributed by atoms with Crippen molar-refractivity contribution >= 4 is 34.3 Å². The molecule has 164 valence electrons. The number of amides is 3. The second kappa shape index (κ2) is 6.13. The summed E-state index contributed by atoms with van der Waals surface area (Å²) in [6, 6.07) is 13.0. The number of primary amides is 1. The number of fused-ring (bicyclic) bond motifs is 4. The number of hydrogen-bond donors (Lipinski definition) is 2. The SMILES string of the molecule is NC(=O)N1CCc2c1ccc1[nH]c(C(=O)N3CC[C@H]4C[C@@]45C3=CC(=O)c3ccccc35)cc21. The van der Waals surface area contributed by atoms with E-state index >= 15 is 0 Å². The Morgan fingerprint density at radius 2 is 1.94 bits per heavy atom. The van der Waals surface area contributed by atoms with E-state index < -0.39 is 6.03 Å². The number of nitrogens with one attached hydrogen (secondary N) is 1. The molecule has 0 bridgehead atoms. The van der Waals surface area contributed by atoms with E-state index in [0.717, 1.165) is 51.8 Å². The van der Waals surface area contributed by atoms with Crippen LogP contribution in [0.5, 0.6) is 0 Å². The van der Waals surface area contributed by atoms with Crippen molar-refractivity contribution in [3.63, 3.8) is 0 Å². The summed E-state index contributed by atoms with van der Waals surface area (Å²) in [5.41, 5.74) is 11.2. The van der Waals surface area contributed by atoms with Crippen LogP contribution in [0, 0.1) is 5.92 Å². The maximum Gasteiger partial charge on any atom is 0.319 e. The third kappa shape index (κ3) is 2.31. The summed E-state index contributed by atoms with van der Waals surface area (Å²) in [5, 5.41) is 0.940. The van der Waals surface area contributed by atoms with Gasteiger partial charge in [0.15, 0.2) is 5.78 Å². The van der Waals surface area contributed by atoms with Crippen molar-refractivity contribution in [2.75, 3.05) is 18.0 Å². The first-order valence-corrected chi connectivity index (χ1v) is 11.4. The minimum absolute atomic E-state index is 0.0300. The molecule has 4 aliphatic rings. The number of allylic oxidation sites excluding steroid dienone is 2. The molecule has 2 atom stereocenters. The Bertz CT molecular complexity index is 1450.